The smallest absolute Gasteiger partial charge is 0.260 e. The summed E-state index contributed by atoms with van der Waals surface area (Å²) in [6.07, 6.45) is 2.58. The molecule has 8 nitrogen and oxygen atoms in total. The maximum atomic E-state index is 15.0. The average Bonchev–Trinajstić information content (AvgIpc) is 3.40. The van der Waals surface area contributed by atoms with Gasteiger partial charge in [-0.1, -0.05) is 77.9 Å². The number of benzene rings is 3. The molecule has 45 heavy (non-hydrogen) atoms. The predicted molar refractivity (Wildman–Crippen MR) is 169 cm³/mol. The summed E-state index contributed by atoms with van der Waals surface area (Å²) < 4.78 is 0. The van der Waals surface area contributed by atoms with Gasteiger partial charge in [-0.15, -0.1) is 0 Å². The highest BCUT2D eigenvalue weighted by Crippen LogP contribution is 2.65. The summed E-state index contributed by atoms with van der Waals surface area (Å²) in [6, 6.07) is 23.7. The van der Waals surface area contributed by atoms with E-state index in [4.69, 9.17) is 0 Å². The van der Waals surface area contributed by atoms with Gasteiger partial charge < -0.3 is 5.11 Å². The van der Waals surface area contributed by atoms with Gasteiger partial charge in [-0.3, -0.25) is 29.5 Å². The number of aryl methyl sites for hydroxylation is 1. The monoisotopic (exact) mass is 603 g/mol. The van der Waals surface area contributed by atoms with Crippen LogP contribution in [0.4, 0.5) is 5.69 Å². The van der Waals surface area contributed by atoms with Gasteiger partial charge >= 0.3 is 0 Å². The van der Waals surface area contributed by atoms with E-state index in [9.17, 15) is 19.5 Å². The molecule has 0 bridgehead atoms. The molecule has 1 saturated carbocycles. The van der Waals surface area contributed by atoms with E-state index in [0.717, 1.165) is 16.1 Å². The Morgan fingerprint density at radius 1 is 0.822 bits per heavy atom. The number of anilines is 1. The van der Waals surface area contributed by atoms with Crippen molar-refractivity contribution in [2.75, 3.05) is 5.43 Å². The Labute approximate surface area is 262 Å². The van der Waals surface area contributed by atoms with E-state index >= 15 is 4.79 Å². The van der Waals surface area contributed by atoms with Gasteiger partial charge in [0, 0.05) is 17.0 Å². The molecule has 3 aromatic rings. The molecule has 3 fully saturated rings. The minimum Gasteiger partial charge on any atom is -0.508 e. The van der Waals surface area contributed by atoms with Crippen LogP contribution in [0.3, 0.4) is 0 Å². The van der Waals surface area contributed by atoms with Crippen molar-refractivity contribution in [2.45, 2.75) is 57.4 Å². The van der Waals surface area contributed by atoms with Gasteiger partial charge in [0.2, 0.25) is 11.8 Å². The minimum atomic E-state index is -1.40. The zero-order valence-electron chi connectivity index (χ0n) is 25.9. The largest absolute Gasteiger partial charge is 0.508 e. The number of hydrogen-bond acceptors (Lipinski definition) is 6. The van der Waals surface area contributed by atoms with Crippen LogP contribution in [0.1, 0.15) is 56.2 Å². The Morgan fingerprint density at radius 2 is 1.49 bits per heavy atom. The highest BCUT2D eigenvalue weighted by molar-refractivity contribution is 6.13. The number of phenolic OH excluding ortho intramolecular Hbond substituents is 1. The lowest BCUT2D eigenvalue weighted by Crippen LogP contribution is -2.53. The van der Waals surface area contributed by atoms with E-state index in [-0.39, 0.29) is 24.0 Å². The number of aromatic hydroxyl groups is 1. The molecule has 8 heteroatoms. The fourth-order valence-electron chi connectivity index (χ4n) is 8.48. The number of likely N-dealkylation sites (tertiary alicyclic amines) is 1. The molecule has 4 aliphatic rings. The van der Waals surface area contributed by atoms with Crippen LogP contribution in [-0.2, 0) is 24.6 Å². The second kappa shape index (κ2) is 10.2. The standard InChI is InChI=1S/C37H37N3O5/c1-21-14-16-23(17-15-21)38-40-33(43)28-20-27-24(18-19-26-30(27)34(44)39(32(26)42)36(2,3)4)31(25-12-8-9-13-29(25)41)37(28,35(40)45)22-10-6-5-7-11-22/h5-18,26-28,30-31,38,41H,19-20H2,1-4H3. The highest BCUT2D eigenvalue weighted by atomic mass is 16.3. The Kier molecular flexibility index (Phi) is 6.55. The molecule has 6 unspecified atom stereocenters. The molecule has 3 aromatic carbocycles. The summed E-state index contributed by atoms with van der Waals surface area (Å²) in [4.78, 5) is 58.8. The molecule has 2 saturated heterocycles. The van der Waals surface area contributed by atoms with Crippen LogP contribution in [0.25, 0.3) is 0 Å². The molecule has 0 radical (unpaired) electrons. The lowest BCUT2D eigenvalue weighted by molar-refractivity contribution is -0.146. The fourth-order valence-corrected chi connectivity index (χ4v) is 8.48. The molecule has 2 aliphatic carbocycles. The Hall–Kier alpha value is -4.72. The topological polar surface area (TPSA) is 107 Å². The lowest BCUT2D eigenvalue weighted by atomic mass is 9.49. The quantitative estimate of drug-likeness (QED) is 0.302. The first-order valence-electron chi connectivity index (χ1n) is 15.6. The summed E-state index contributed by atoms with van der Waals surface area (Å²) in [7, 11) is 0. The second-order valence-electron chi connectivity index (χ2n) is 13.8. The van der Waals surface area contributed by atoms with Gasteiger partial charge in [0.25, 0.3) is 11.8 Å². The third kappa shape index (κ3) is 4.11. The SMILES string of the molecule is Cc1ccc(NN2C(=O)C3CC4C(=CCC5C(=O)N(C(C)(C)C)C(=O)C54)C(c4ccccc4O)C3(c3ccccc3)C2=O)cc1. The Bertz CT molecular complexity index is 1760. The number of fused-ring (bicyclic) bond motifs is 4. The zero-order chi connectivity index (χ0) is 31.8. The molecule has 2 heterocycles. The van der Waals surface area contributed by atoms with Gasteiger partial charge in [0.15, 0.2) is 0 Å². The van der Waals surface area contributed by atoms with Crippen LogP contribution in [0.2, 0.25) is 0 Å². The molecule has 2 N–H and O–H groups in total. The van der Waals surface area contributed by atoms with Crippen molar-refractivity contribution in [3.63, 3.8) is 0 Å². The second-order valence-corrected chi connectivity index (χ2v) is 13.8. The molecule has 0 spiro atoms. The van der Waals surface area contributed by atoms with Crippen LogP contribution in [-0.4, -0.2) is 44.2 Å². The van der Waals surface area contributed by atoms with Crippen LogP contribution in [0.15, 0.2) is 90.5 Å². The number of imide groups is 2. The summed E-state index contributed by atoms with van der Waals surface area (Å²) in [5.41, 5.74) is 4.65. The van der Waals surface area contributed by atoms with Gasteiger partial charge in [-0.05, 0) is 70.2 Å². The Morgan fingerprint density at radius 3 is 2.16 bits per heavy atom. The van der Waals surface area contributed by atoms with E-state index in [1.165, 1.54) is 4.90 Å². The van der Waals surface area contributed by atoms with E-state index < -0.39 is 52.4 Å². The molecular weight excluding hydrogens is 566 g/mol. The van der Waals surface area contributed by atoms with Gasteiger partial charge in [0.05, 0.1) is 28.9 Å². The number of carbonyl (C=O) groups is 4. The highest BCUT2D eigenvalue weighted by Gasteiger charge is 2.70. The van der Waals surface area contributed by atoms with Gasteiger partial charge in [-0.2, -0.15) is 5.01 Å². The van der Waals surface area contributed by atoms with Crippen molar-refractivity contribution >= 4 is 29.3 Å². The van der Waals surface area contributed by atoms with E-state index in [1.54, 1.807) is 18.2 Å². The summed E-state index contributed by atoms with van der Waals surface area (Å²) in [5.74, 6) is -4.48. The van der Waals surface area contributed by atoms with Crippen LogP contribution >= 0.6 is 0 Å². The molecule has 0 aromatic heterocycles. The van der Waals surface area contributed by atoms with Crippen molar-refractivity contribution < 1.29 is 24.3 Å². The number of carbonyl (C=O) groups excluding carboxylic acids is 4. The maximum Gasteiger partial charge on any atom is 0.260 e. The zero-order valence-corrected chi connectivity index (χ0v) is 25.9. The summed E-state index contributed by atoms with van der Waals surface area (Å²) in [6.45, 7) is 7.53. The summed E-state index contributed by atoms with van der Waals surface area (Å²) in [5, 5.41) is 12.5. The first-order valence-corrected chi connectivity index (χ1v) is 15.6. The molecule has 4 amide bonds. The Balaban J connectivity index is 1.45. The number of rotatable bonds is 4. The molecular formula is C37H37N3O5. The molecule has 6 atom stereocenters. The third-order valence-corrected chi connectivity index (χ3v) is 10.3. The number of hydrazine groups is 1. The van der Waals surface area contributed by atoms with Gasteiger partial charge in [-0.25, -0.2) is 0 Å². The van der Waals surface area contributed by atoms with Crippen LogP contribution in [0, 0.1) is 30.6 Å². The molecule has 2 aliphatic heterocycles. The van der Waals surface area contributed by atoms with Crippen molar-refractivity contribution in [1.82, 2.24) is 9.91 Å². The maximum absolute atomic E-state index is 15.0. The van der Waals surface area contributed by atoms with Gasteiger partial charge in [0.1, 0.15) is 5.75 Å². The van der Waals surface area contributed by atoms with Crippen molar-refractivity contribution in [3.8, 4) is 5.75 Å². The number of nitrogens with zero attached hydrogens (tertiary/aromatic N) is 2. The number of phenols is 1. The van der Waals surface area contributed by atoms with E-state index in [0.29, 0.717) is 23.2 Å². The van der Waals surface area contributed by atoms with Crippen molar-refractivity contribution in [1.29, 1.82) is 0 Å². The lowest BCUT2D eigenvalue weighted by Gasteiger charge is -2.50. The predicted octanol–water partition coefficient (Wildman–Crippen LogP) is 5.48. The van der Waals surface area contributed by atoms with E-state index in [1.807, 2.05) is 94.4 Å². The van der Waals surface area contributed by atoms with Crippen LogP contribution in [0.5, 0.6) is 5.75 Å². The number of hydrogen-bond donors (Lipinski definition) is 2. The van der Waals surface area contributed by atoms with Crippen molar-refractivity contribution in [3.05, 3.63) is 107 Å². The number of nitrogens with one attached hydrogen (secondary N) is 1. The number of para-hydroxylation sites is 1. The third-order valence-electron chi connectivity index (χ3n) is 10.3. The number of allylic oxidation sites excluding steroid dienone is 2. The van der Waals surface area contributed by atoms with Crippen molar-refractivity contribution in [2.24, 2.45) is 23.7 Å². The van der Waals surface area contributed by atoms with E-state index in [2.05, 4.69) is 5.43 Å². The summed E-state index contributed by atoms with van der Waals surface area (Å²) >= 11 is 0. The van der Waals surface area contributed by atoms with Crippen LogP contribution < -0.4 is 5.43 Å². The fraction of sp³-hybridized carbons (Fsp3) is 0.351. The molecule has 230 valence electrons. The normalized spacial score (nSPS) is 29.3. The number of amides is 4. The first kappa shape index (κ1) is 29.0. The first-order chi connectivity index (χ1) is 21.5. The molecule has 7 rings (SSSR count). The average molecular weight is 604 g/mol. The minimum absolute atomic E-state index is 0.00978.